The number of para-hydroxylation sites is 1. The minimum Gasteiger partial charge on any atom is -0.393 e. The van der Waals surface area contributed by atoms with Crippen LogP contribution in [-0.4, -0.2) is 30.6 Å². The van der Waals surface area contributed by atoms with Crippen LogP contribution in [0.1, 0.15) is 24.6 Å². The molecule has 0 radical (unpaired) electrons. The number of nitrogens with two attached hydrogens (primary N) is 1. The maximum atomic E-state index is 9.73. The lowest BCUT2D eigenvalue weighted by Gasteiger charge is -2.30. The molecule has 1 aliphatic rings. The van der Waals surface area contributed by atoms with Gasteiger partial charge in [-0.2, -0.15) is 0 Å². The molecular formula is C25H21ClN6O. The minimum absolute atomic E-state index is 0.206. The number of fused-ring (bicyclic) bond motifs is 2. The Labute approximate surface area is 194 Å². The van der Waals surface area contributed by atoms with E-state index in [1.165, 1.54) is 0 Å². The van der Waals surface area contributed by atoms with Crippen LogP contribution in [0.3, 0.4) is 0 Å². The molecule has 0 atom stereocenters. The molecule has 164 valence electrons. The molecule has 0 spiro atoms. The van der Waals surface area contributed by atoms with Crippen LogP contribution in [0.5, 0.6) is 0 Å². The molecule has 1 fully saturated rings. The quantitative estimate of drug-likeness (QED) is 0.345. The van der Waals surface area contributed by atoms with Crippen molar-refractivity contribution >= 4 is 45.3 Å². The van der Waals surface area contributed by atoms with Crippen LogP contribution in [-0.2, 0) is 0 Å². The number of hydrogen-bond acceptors (Lipinski definition) is 6. The predicted octanol–water partition coefficient (Wildman–Crippen LogP) is 5.16. The van der Waals surface area contributed by atoms with E-state index in [4.69, 9.17) is 22.3 Å². The number of nitrogens with one attached hydrogen (secondary N) is 1. The highest BCUT2D eigenvalue weighted by molar-refractivity contribution is 6.34. The Morgan fingerprint density at radius 3 is 2.67 bits per heavy atom. The zero-order valence-corrected chi connectivity index (χ0v) is 18.4. The fourth-order valence-corrected chi connectivity index (χ4v) is 4.62. The average molecular weight is 457 g/mol. The number of benzene rings is 2. The molecule has 4 N–H and O–H groups in total. The Balaban J connectivity index is 1.43. The van der Waals surface area contributed by atoms with Crippen LogP contribution in [0.4, 0.5) is 17.3 Å². The second kappa shape index (κ2) is 7.72. The maximum Gasteiger partial charge on any atom is 0.150 e. The molecular weight excluding hydrogens is 436 g/mol. The summed E-state index contributed by atoms with van der Waals surface area (Å²) in [4.78, 5) is 13.9. The summed E-state index contributed by atoms with van der Waals surface area (Å²) in [5.41, 5.74) is 10.2. The van der Waals surface area contributed by atoms with E-state index in [-0.39, 0.29) is 12.0 Å². The van der Waals surface area contributed by atoms with Crippen molar-refractivity contribution in [3.05, 3.63) is 77.8 Å². The zero-order valence-electron chi connectivity index (χ0n) is 17.6. The van der Waals surface area contributed by atoms with Crippen molar-refractivity contribution in [1.29, 1.82) is 0 Å². The van der Waals surface area contributed by atoms with Crippen LogP contribution in [0.15, 0.2) is 67.0 Å². The van der Waals surface area contributed by atoms with E-state index in [2.05, 4.69) is 15.3 Å². The molecule has 3 aromatic heterocycles. The van der Waals surface area contributed by atoms with Crippen LogP contribution in [0, 0.1) is 0 Å². The molecule has 0 saturated heterocycles. The third kappa shape index (κ3) is 3.55. The van der Waals surface area contributed by atoms with Gasteiger partial charge >= 0.3 is 0 Å². The number of nitrogen functional groups attached to an aromatic ring is 1. The van der Waals surface area contributed by atoms with E-state index < -0.39 is 0 Å². The van der Waals surface area contributed by atoms with E-state index in [0.717, 1.165) is 39.3 Å². The van der Waals surface area contributed by atoms with Gasteiger partial charge < -0.3 is 16.2 Å². The second-order valence-electron chi connectivity index (χ2n) is 8.42. The molecule has 7 nitrogen and oxygen atoms in total. The largest absolute Gasteiger partial charge is 0.393 e. The van der Waals surface area contributed by atoms with Gasteiger partial charge in [-0.15, -0.1) is 0 Å². The summed E-state index contributed by atoms with van der Waals surface area (Å²) >= 11 is 6.66. The highest BCUT2D eigenvalue weighted by atomic mass is 35.5. The number of aliphatic hydroxyl groups is 1. The number of rotatable bonds is 4. The van der Waals surface area contributed by atoms with E-state index >= 15 is 0 Å². The molecule has 33 heavy (non-hydrogen) atoms. The molecule has 2 aromatic carbocycles. The molecule has 0 aliphatic heterocycles. The Hall–Kier alpha value is -3.68. The second-order valence-corrected chi connectivity index (χ2v) is 8.82. The normalized spacial score (nSPS) is 17.9. The zero-order chi connectivity index (χ0) is 22.5. The van der Waals surface area contributed by atoms with Crippen molar-refractivity contribution in [3.63, 3.8) is 0 Å². The fraction of sp³-hybridized carbons (Fsp3) is 0.160. The highest BCUT2D eigenvalue weighted by Gasteiger charge is 2.32. The predicted molar refractivity (Wildman–Crippen MR) is 131 cm³/mol. The lowest BCUT2D eigenvalue weighted by Crippen LogP contribution is -2.28. The van der Waals surface area contributed by atoms with E-state index in [1.54, 1.807) is 6.20 Å². The molecule has 5 aromatic rings. The molecule has 3 heterocycles. The molecule has 0 amide bonds. The highest BCUT2D eigenvalue weighted by Crippen LogP contribution is 2.38. The first-order valence-corrected chi connectivity index (χ1v) is 11.2. The Kier molecular flexibility index (Phi) is 4.67. The van der Waals surface area contributed by atoms with Gasteiger partial charge in [0.1, 0.15) is 23.0 Å². The van der Waals surface area contributed by atoms with Crippen molar-refractivity contribution < 1.29 is 5.11 Å². The molecule has 0 unspecified atom stereocenters. The number of halogens is 1. The van der Waals surface area contributed by atoms with Crippen molar-refractivity contribution in [2.75, 3.05) is 11.1 Å². The van der Waals surface area contributed by atoms with Gasteiger partial charge in [0.25, 0.3) is 0 Å². The Morgan fingerprint density at radius 2 is 1.88 bits per heavy atom. The first-order valence-electron chi connectivity index (χ1n) is 10.8. The minimum atomic E-state index is -0.263. The van der Waals surface area contributed by atoms with Gasteiger partial charge in [0, 0.05) is 28.8 Å². The van der Waals surface area contributed by atoms with Crippen molar-refractivity contribution in [2.45, 2.75) is 24.9 Å². The number of nitrogens with zero attached hydrogens (tertiary/aromatic N) is 4. The van der Waals surface area contributed by atoms with Gasteiger partial charge in [0.15, 0.2) is 0 Å². The maximum absolute atomic E-state index is 9.73. The van der Waals surface area contributed by atoms with Crippen LogP contribution in [0.25, 0.3) is 27.7 Å². The molecule has 8 heteroatoms. The topological polar surface area (TPSA) is 101 Å². The van der Waals surface area contributed by atoms with Crippen LogP contribution in [0.2, 0.25) is 5.02 Å². The summed E-state index contributed by atoms with van der Waals surface area (Å²) in [7, 11) is 0. The van der Waals surface area contributed by atoms with Crippen LogP contribution < -0.4 is 11.1 Å². The first kappa shape index (κ1) is 20.0. The van der Waals surface area contributed by atoms with Crippen LogP contribution >= 0.6 is 11.6 Å². The summed E-state index contributed by atoms with van der Waals surface area (Å²) < 4.78 is 1.97. The summed E-state index contributed by atoms with van der Waals surface area (Å²) in [5, 5.41) is 14.6. The summed E-state index contributed by atoms with van der Waals surface area (Å²) in [5.74, 6) is 2.22. The average Bonchev–Trinajstić information content (AvgIpc) is 3.21. The number of aromatic nitrogens is 4. The lowest BCUT2D eigenvalue weighted by molar-refractivity contribution is 0.0715. The molecule has 1 aliphatic carbocycles. The fourth-order valence-electron chi connectivity index (χ4n) is 4.35. The summed E-state index contributed by atoms with van der Waals surface area (Å²) in [6.45, 7) is 0. The summed E-state index contributed by atoms with van der Waals surface area (Å²) in [6.07, 6.45) is 4.79. The van der Waals surface area contributed by atoms with E-state index in [9.17, 15) is 5.11 Å². The number of hydrogen-bond donors (Lipinski definition) is 3. The lowest BCUT2D eigenvalue weighted by atomic mass is 9.82. The summed E-state index contributed by atoms with van der Waals surface area (Å²) in [6, 6.07) is 17.7. The first-order chi connectivity index (χ1) is 16.0. The smallest absolute Gasteiger partial charge is 0.150 e. The standard InChI is InChI=1S/C25H21ClN6O/c26-19-10-14-6-7-23(29-16-4-2-1-3-5-16)30-20(14)11-18(19)21-13-32-22(24(27)31-21)12-28-25(32)15-8-17(33)9-15/h1-7,10-13,15,17,33H,8-9H2,(H2,27,31)(H,29,30). The van der Waals surface area contributed by atoms with Crippen molar-refractivity contribution in [2.24, 2.45) is 0 Å². The van der Waals surface area contributed by atoms with Crippen molar-refractivity contribution in [1.82, 2.24) is 19.4 Å². The number of pyridine rings is 1. The van der Waals surface area contributed by atoms with Gasteiger partial charge in [-0.05, 0) is 49.2 Å². The van der Waals surface area contributed by atoms with Gasteiger partial charge in [-0.25, -0.2) is 15.0 Å². The number of anilines is 3. The Morgan fingerprint density at radius 1 is 1.06 bits per heavy atom. The van der Waals surface area contributed by atoms with Gasteiger partial charge in [0.2, 0.25) is 0 Å². The monoisotopic (exact) mass is 456 g/mol. The number of imidazole rings is 1. The third-order valence-corrected chi connectivity index (χ3v) is 6.47. The molecule has 1 saturated carbocycles. The third-order valence-electron chi connectivity index (χ3n) is 6.16. The van der Waals surface area contributed by atoms with E-state index in [0.29, 0.717) is 29.4 Å². The molecule has 6 rings (SSSR count). The SMILES string of the molecule is Nc1nc(-c2cc3nc(Nc4ccccc4)ccc3cc2Cl)cn2c(C3CC(O)C3)ncc12. The van der Waals surface area contributed by atoms with Gasteiger partial charge in [0.05, 0.1) is 28.5 Å². The van der Waals surface area contributed by atoms with Gasteiger partial charge in [-0.1, -0.05) is 29.8 Å². The molecule has 0 bridgehead atoms. The van der Waals surface area contributed by atoms with E-state index in [1.807, 2.05) is 65.2 Å². The van der Waals surface area contributed by atoms with Crippen molar-refractivity contribution in [3.8, 4) is 11.3 Å². The number of aliphatic hydroxyl groups excluding tert-OH is 1. The van der Waals surface area contributed by atoms with Gasteiger partial charge in [-0.3, -0.25) is 4.40 Å². The Bertz CT molecular complexity index is 1490.